The van der Waals surface area contributed by atoms with Gasteiger partial charge in [-0.15, -0.1) is 0 Å². The molecule has 0 bridgehead atoms. The van der Waals surface area contributed by atoms with Crippen LogP contribution in [0.3, 0.4) is 0 Å². The van der Waals surface area contributed by atoms with Gasteiger partial charge in [0.2, 0.25) is 11.8 Å². The third-order valence-electron chi connectivity index (χ3n) is 3.01. The van der Waals surface area contributed by atoms with E-state index in [1.807, 2.05) is 25.1 Å². The molecule has 2 rings (SSSR count). The molecule has 1 atom stereocenters. The summed E-state index contributed by atoms with van der Waals surface area (Å²) in [4.78, 5) is 9.01. The van der Waals surface area contributed by atoms with E-state index in [1.54, 1.807) is 14.2 Å². The maximum absolute atomic E-state index is 5.36. The van der Waals surface area contributed by atoms with Crippen molar-refractivity contribution in [1.82, 2.24) is 0 Å². The third-order valence-corrected chi connectivity index (χ3v) is 3.01. The average Bonchev–Trinajstić information content (AvgIpc) is 2.39. The maximum Gasteiger partial charge on any atom is 0.212 e. The first kappa shape index (κ1) is 12.6. The fraction of sp³-hybridized carbons (Fsp3) is 0.429. The second kappa shape index (κ2) is 5.21. The van der Waals surface area contributed by atoms with Crippen molar-refractivity contribution in [3.05, 3.63) is 35.9 Å². The maximum atomic E-state index is 5.36. The number of aliphatic imine (C=N–C) groups is 2. The molecule has 0 radical (unpaired) electrons. The number of hydrogen-bond acceptors (Lipinski definition) is 4. The summed E-state index contributed by atoms with van der Waals surface area (Å²) in [5.41, 5.74) is 0.713. The van der Waals surface area contributed by atoms with Gasteiger partial charge in [0.25, 0.3) is 0 Å². The van der Waals surface area contributed by atoms with Crippen LogP contribution in [0.25, 0.3) is 0 Å². The fourth-order valence-corrected chi connectivity index (χ4v) is 2.17. The Bertz CT molecular complexity index is 468. The molecule has 0 aliphatic carbocycles. The first-order valence-electron chi connectivity index (χ1n) is 5.93. The normalized spacial score (nSPS) is 23.1. The van der Waals surface area contributed by atoms with Gasteiger partial charge in [0, 0.05) is 6.42 Å². The average molecular weight is 246 g/mol. The van der Waals surface area contributed by atoms with Crippen LogP contribution in [0.4, 0.5) is 0 Å². The van der Waals surface area contributed by atoms with Crippen molar-refractivity contribution < 1.29 is 9.47 Å². The van der Waals surface area contributed by atoms with Crippen LogP contribution >= 0.6 is 0 Å². The smallest absolute Gasteiger partial charge is 0.212 e. The Labute approximate surface area is 107 Å². The number of nitrogens with zero attached hydrogens (tertiary/aromatic N) is 2. The Kier molecular flexibility index (Phi) is 3.65. The Morgan fingerprint density at radius 3 is 2.50 bits per heavy atom. The van der Waals surface area contributed by atoms with Gasteiger partial charge >= 0.3 is 0 Å². The van der Waals surface area contributed by atoms with Crippen molar-refractivity contribution in [3.63, 3.8) is 0 Å². The van der Waals surface area contributed by atoms with Crippen molar-refractivity contribution in [1.29, 1.82) is 0 Å². The molecule has 4 nitrogen and oxygen atoms in total. The van der Waals surface area contributed by atoms with E-state index in [4.69, 9.17) is 9.47 Å². The van der Waals surface area contributed by atoms with E-state index in [2.05, 4.69) is 22.1 Å². The van der Waals surface area contributed by atoms with Crippen molar-refractivity contribution in [2.24, 2.45) is 9.98 Å². The van der Waals surface area contributed by atoms with E-state index in [-0.39, 0.29) is 0 Å². The van der Waals surface area contributed by atoms with Crippen LogP contribution in [0, 0.1) is 0 Å². The summed E-state index contributed by atoms with van der Waals surface area (Å²) in [6.07, 6.45) is 0.743. The molecule has 18 heavy (non-hydrogen) atoms. The summed E-state index contributed by atoms with van der Waals surface area (Å²) < 4.78 is 10.6. The summed E-state index contributed by atoms with van der Waals surface area (Å²) in [5.74, 6) is 1.31. The van der Waals surface area contributed by atoms with Crippen LogP contribution in [-0.4, -0.2) is 38.1 Å². The second-order valence-corrected chi connectivity index (χ2v) is 4.47. The molecule has 1 heterocycles. The van der Waals surface area contributed by atoms with E-state index in [0.29, 0.717) is 18.3 Å². The second-order valence-electron chi connectivity index (χ2n) is 4.47. The van der Waals surface area contributed by atoms with Crippen molar-refractivity contribution >= 4 is 11.8 Å². The van der Waals surface area contributed by atoms with Gasteiger partial charge in [-0.2, -0.15) is 0 Å². The van der Waals surface area contributed by atoms with Crippen LogP contribution in [-0.2, 0) is 15.9 Å². The van der Waals surface area contributed by atoms with Gasteiger partial charge in [0.15, 0.2) is 0 Å². The van der Waals surface area contributed by atoms with E-state index in [1.165, 1.54) is 5.56 Å². The van der Waals surface area contributed by atoms with Crippen LogP contribution in [0.1, 0.15) is 12.5 Å². The minimum Gasteiger partial charge on any atom is -0.483 e. The topological polar surface area (TPSA) is 43.2 Å². The van der Waals surface area contributed by atoms with Gasteiger partial charge in [0.05, 0.1) is 14.2 Å². The van der Waals surface area contributed by atoms with E-state index < -0.39 is 5.54 Å². The van der Waals surface area contributed by atoms with Gasteiger partial charge in [-0.25, -0.2) is 9.98 Å². The fourth-order valence-electron chi connectivity index (χ4n) is 2.17. The van der Waals surface area contributed by atoms with Gasteiger partial charge in [0.1, 0.15) is 12.1 Å². The summed E-state index contributed by atoms with van der Waals surface area (Å²) in [6.45, 7) is 2.46. The molecular weight excluding hydrogens is 228 g/mol. The van der Waals surface area contributed by atoms with Crippen molar-refractivity contribution in [2.75, 3.05) is 20.8 Å². The molecule has 0 saturated heterocycles. The molecule has 1 aromatic carbocycles. The summed E-state index contributed by atoms with van der Waals surface area (Å²) in [5, 5.41) is 0. The lowest BCUT2D eigenvalue weighted by Crippen LogP contribution is -2.41. The van der Waals surface area contributed by atoms with E-state index in [0.717, 1.165) is 6.42 Å². The van der Waals surface area contributed by atoms with Crippen LogP contribution in [0.15, 0.2) is 40.3 Å². The van der Waals surface area contributed by atoms with Crippen LogP contribution in [0.5, 0.6) is 0 Å². The zero-order chi connectivity index (χ0) is 13.0. The van der Waals surface area contributed by atoms with E-state index in [9.17, 15) is 0 Å². The monoisotopic (exact) mass is 246 g/mol. The van der Waals surface area contributed by atoms with Crippen molar-refractivity contribution in [3.8, 4) is 0 Å². The predicted octanol–water partition coefficient (Wildman–Crippen LogP) is 2.09. The molecule has 0 amide bonds. The largest absolute Gasteiger partial charge is 0.483 e. The van der Waals surface area contributed by atoms with Gasteiger partial charge in [-0.1, -0.05) is 30.3 Å². The standard InChI is InChI=1S/C14H18N2O2/c1-14(9-11-7-5-4-6-8-11)13(18-3)15-10-12(16-14)17-2/h4-8H,9-10H2,1-3H3/t14-/m1/s1. The molecule has 0 unspecified atom stereocenters. The number of hydrogen-bond donors (Lipinski definition) is 0. The first-order valence-corrected chi connectivity index (χ1v) is 5.93. The van der Waals surface area contributed by atoms with Gasteiger partial charge < -0.3 is 9.47 Å². The molecule has 0 N–H and O–H groups in total. The van der Waals surface area contributed by atoms with Gasteiger partial charge in [-0.3, -0.25) is 0 Å². The third kappa shape index (κ3) is 2.53. The Morgan fingerprint density at radius 1 is 1.17 bits per heavy atom. The SMILES string of the molecule is COC1=N[C@](C)(Cc2ccccc2)C(OC)=NC1. The Balaban J connectivity index is 2.28. The first-order chi connectivity index (χ1) is 8.68. The summed E-state index contributed by atoms with van der Waals surface area (Å²) in [7, 11) is 3.25. The highest BCUT2D eigenvalue weighted by Gasteiger charge is 2.35. The summed E-state index contributed by atoms with van der Waals surface area (Å²) in [6, 6.07) is 10.2. The minimum atomic E-state index is -0.486. The Morgan fingerprint density at radius 2 is 1.89 bits per heavy atom. The molecule has 4 heteroatoms. The van der Waals surface area contributed by atoms with Crippen LogP contribution < -0.4 is 0 Å². The molecule has 1 aliphatic rings. The van der Waals surface area contributed by atoms with E-state index >= 15 is 0 Å². The molecule has 96 valence electrons. The number of benzene rings is 1. The predicted molar refractivity (Wildman–Crippen MR) is 72.3 cm³/mol. The molecule has 1 aliphatic heterocycles. The molecule has 0 saturated carbocycles. The van der Waals surface area contributed by atoms with Crippen LogP contribution in [0.2, 0.25) is 0 Å². The number of ether oxygens (including phenoxy) is 2. The minimum absolute atomic E-state index is 0.448. The zero-order valence-corrected chi connectivity index (χ0v) is 11.0. The zero-order valence-electron chi connectivity index (χ0n) is 11.0. The van der Waals surface area contributed by atoms with Crippen molar-refractivity contribution in [2.45, 2.75) is 18.9 Å². The Hall–Kier alpha value is -1.84. The lowest BCUT2D eigenvalue weighted by Gasteiger charge is -2.29. The molecule has 0 aromatic heterocycles. The number of rotatable bonds is 2. The number of methoxy groups -OCH3 is 2. The molecule has 1 aromatic rings. The lowest BCUT2D eigenvalue weighted by molar-refractivity contribution is 0.331. The lowest BCUT2D eigenvalue weighted by atomic mass is 9.92. The highest BCUT2D eigenvalue weighted by atomic mass is 16.5. The molecular formula is C14H18N2O2. The molecule has 0 spiro atoms. The quantitative estimate of drug-likeness (QED) is 0.802. The molecule has 0 fully saturated rings. The highest BCUT2D eigenvalue weighted by Crippen LogP contribution is 2.23. The highest BCUT2D eigenvalue weighted by molar-refractivity contribution is 5.94. The summed E-state index contributed by atoms with van der Waals surface area (Å²) >= 11 is 0. The van der Waals surface area contributed by atoms with Gasteiger partial charge in [-0.05, 0) is 12.5 Å².